The molecular formula is C12H12N2O. The molecule has 3 nitrogen and oxygen atoms in total. The zero-order valence-corrected chi connectivity index (χ0v) is 8.29. The summed E-state index contributed by atoms with van der Waals surface area (Å²) in [6.45, 7) is 0. The third-order valence-electron chi connectivity index (χ3n) is 2.98. The van der Waals surface area contributed by atoms with Gasteiger partial charge in [0.25, 0.3) is 5.56 Å². The minimum atomic E-state index is -0.0540. The van der Waals surface area contributed by atoms with Crippen molar-refractivity contribution >= 4 is 16.5 Å². The number of nitrogens with two attached hydrogens (primary N) is 1. The van der Waals surface area contributed by atoms with Crippen LogP contribution in [-0.4, -0.2) is 4.98 Å². The predicted octanol–water partition coefficient (Wildman–Crippen LogP) is 1.99. The summed E-state index contributed by atoms with van der Waals surface area (Å²) in [5, 5.41) is 1.76. The minimum Gasteiger partial charge on any atom is -0.399 e. The quantitative estimate of drug-likeness (QED) is 0.691. The van der Waals surface area contributed by atoms with E-state index in [9.17, 15) is 4.79 Å². The summed E-state index contributed by atoms with van der Waals surface area (Å²) in [6.07, 6.45) is 4.30. The highest BCUT2D eigenvalue weighted by atomic mass is 16.1. The maximum atomic E-state index is 11.6. The van der Waals surface area contributed by atoms with E-state index in [0.29, 0.717) is 17.0 Å². The summed E-state index contributed by atoms with van der Waals surface area (Å²) in [7, 11) is 0. The van der Waals surface area contributed by atoms with E-state index >= 15 is 0 Å². The third-order valence-corrected chi connectivity index (χ3v) is 2.98. The smallest absolute Gasteiger partial charge is 0.255 e. The van der Waals surface area contributed by atoms with Crippen LogP contribution in [0.15, 0.2) is 29.2 Å². The van der Waals surface area contributed by atoms with Crippen molar-refractivity contribution < 1.29 is 0 Å². The summed E-state index contributed by atoms with van der Waals surface area (Å²) in [5.74, 6) is 0.632. The summed E-state index contributed by atoms with van der Waals surface area (Å²) >= 11 is 0. The second-order valence-corrected chi connectivity index (χ2v) is 4.15. The van der Waals surface area contributed by atoms with E-state index in [1.54, 1.807) is 6.07 Å². The minimum absolute atomic E-state index is 0.0540. The largest absolute Gasteiger partial charge is 0.399 e. The molecule has 0 spiro atoms. The number of pyridine rings is 1. The highest BCUT2D eigenvalue weighted by molar-refractivity contribution is 5.87. The predicted molar refractivity (Wildman–Crippen MR) is 61.0 cm³/mol. The zero-order valence-electron chi connectivity index (χ0n) is 8.29. The number of nitrogens with one attached hydrogen (secondary N) is 1. The number of H-pyrrole nitrogens is 1. The molecule has 1 aliphatic carbocycles. The van der Waals surface area contributed by atoms with Crippen molar-refractivity contribution in [1.82, 2.24) is 4.98 Å². The highest BCUT2D eigenvalue weighted by Gasteiger charge is 2.25. The van der Waals surface area contributed by atoms with Gasteiger partial charge in [-0.25, -0.2) is 0 Å². The van der Waals surface area contributed by atoms with Crippen molar-refractivity contribution in [3.8, 4) is 0 Å². The van der Waals surface area contributed by atoms with Gasteiger partial charge in [-0.05, 0) is 41.8 Å². The fourth-order valence-electron chi connectivity index (χ4n) is 2.03. The van der Waals surface area contributed by atoms with Gasteiger partial charge in [0.1, 0.15) is 0 Å². The van der Waals surface area contributed by atoms with Gasteiger partial charge >= 0.3 is 0 Å². The third kappa shape index (κ3) is 1.31. The Morgan fingerprint density at radius 3 is 2.80 bits per heavy atom. The van der Waals surface area contributed by atoms with E-state index < -0.39 is 0 Å². The number of benzene rings is 1. The van der Waals surface area contributed by atoms with Gasteiger partial charge in [-0.1, -0.05) is 6.07 Å². The fraction of sp³-hybridized carbons (Fsp3) is 0.250. The number of rotatable bonds is 1. The second-order valence-electron chi connectivity index (χ2n) is 4.15. The van der Waals surface area contributed by atoms with Gasteiger partial charge in [-0.3, -0.25) is 4.79 Å². The van der Waals surface area contributed by atoms with Crippen molar-refractivity contribution in [2.45, 2.75) is 18.8 Å². The van der Waals surface area contributed by atoms with Crippen molar-refractivity contribution in [2.24, 2.45) is 0 Å². The first-order valence-corrected chi connectivity index (χ1v) is 5.16. The molecule has 0 unspecified atom stereocenters. The number of hydrogen-bond donors (Lipinski definition) is 2. The Morgan fingerprint density at radius 2 is 2.07 bits per heavy atom. The lowest BCUT2D eigenvalue weighted by molar-refractivity contribution is 1.10. The molecule has 3 N–H and O–H groups in total. The first-order chi connectivity index (χ1) is 7.25. The second kappa shape index (κ2) is 2.86. The monoisotopic (exact) mass is 200 g/mol. The van der Waals surface area contributed by atoms with Crippen LogP contribution >= 0.6 is 0 Å². The van der Waals surface area contributed by atoms with Crippen molar-refractivity contribution in [2.75, 3.05) is 5.73 Å². The maximum absolute atomic E-state index is 11.6. The molecule has 15 heavy (non-hydrogen) atoms. The molecule has 0 atom stereocenters. The van der Waals surface area contributed by atoms with Crippen LogP contribution in [0.4, 0.5) is 5.69 Å². The molecule has 0 saturated heterocycles. The average molecular weight is 200 g/mol. The van der Waals surface area contributed by atoms with E-state index in [-0.39, 0.29) is 5.56 Å². The zero-order chi connectivity index (χ0) is 10.4. The average Bonchev–Trinajstić information content (AvgIpc) is 3.03. The summed E-state index contributed by atoms with van der Waals surface area (Å²) in [5.41, 5.74) is 7.52. The highest BCUT2D eigenvalue weighted by Crippen LogP contribution is 2.42. The maximum Gasteiger partial charge on any atom is 0.255 e. The van der Waals surface area contributed by atoms with Gasteiger partial charge in [-0.2, -0.15) is 0 Å². The van der Waals surface area contributed by atoms with Crippen LogP contribution in [0.1, 0.15) is 24.3 Å². The first kappa shape index (κ1) is 8.53. The van der Waals surface area contributed by atoms with Gasteiger partial charge in [0.15, 0.2) is 0 Å². The van der Waals surface area contributed by atoms with Crippen LogP contribution in [0.3, 0.4) is 0 Å². The standard InChI is InChI=1S/C12H12N2O/c13-8-3-4-9-10(5-8)12(15)14-6-11(9)7-1-2-7/h3-7H,1-2,13H2,(H,14,15). The Bertz CT molecular complexity index is 582. The lowest BCUT2D eigenvalue weighted by atomic mass is 10.0. The molecule has 1 heterocycles. The molecule has 1 aromatic heterocycles. The van der Waals surface area contributed by atoms with Gasteiger partial charge in [0, 0.05) is 17.3 Å². The van der Waals surface area contributed by atoms with Gasteiger partial charge in [0.2, 0.25) is 0 Å². The Labute approximate surface area is 86.9 Å². The number of anilines is 1. The SMILES string of the molecule is Nc1ccc2c(C3CC3)c[nH]c(=O)c2c1. The van der Waals surface area contributed by atoms with Gasteiger partial charge < -0.3 is 10.7 Å². The van der Waals surface area contributed by atoms with Crippen LogP contribution in [0.5, 0.6) is 0 Å². The lowest BCUT2D eigenvalue weighted by Gasteiger charge is -2.04. The van der Waals surface area contributed by atoms with Crippen LogP contribution in [0, 0.1) is 0 Å². The molecule has 3 heteroatoms. The number of hydrogen-bond acceptors (Lipinski definition) is 2. The number of aromatic nitrogens is 1. The molecular weight excluding hydrogens is 188 g/mol. The molecule has 76 valence electrons. The fourth-order valence-corrected chi connectivity index (χ4v) is 2.03. The van der Waals surface area contributed by atoms with E-state index in [0.717, 1.165) is 5.39 Å². The van der Waals surface area contributed by atoms with E-state index in [1.807, 2.05) is 18.3 Å². The molecule has 1 saturated carbocycles. The number of nitrogen functional groups attached to an aromatic ring is 1. The number of aromatic amines is 1. The molecule has 1 aromatic carbocycles. The topological polar surface area (TPSA) is 58.9 Å². The molecule has 3 rings (SSSR count). The normalized spacial score (nSPS) is 15.7. The van der Waals surface area contributed by atoms with E-state index in [2.05, 4.69) is 4.98 Å². The Morgan fingerprint density at radius 1 is 1.27 bits per heavy atom. The Hall–Kier alpha value is -1.77. The van der Waals surface area contributed by atoms with E-state index in [4.69, 9.17) is 5.73 Å². The lowest BCUT2D eigenvalue weighted by Crippen LogP contribution is -2.07. The van der Waals surface area contributed by atoms with Crippen LogP contribution in [0.2, 0.25) is 0 Å². The summed E-state index contributed by atoms with van der Waals surface area (Å²) in [4.78, 5) is 14.4. The molecule has 0 bridgehead atoms. The van der Waals surface area contributed by atoms with Crippen LogP contribution in [0.25, 0.3) is 10.8 Å². The molecule has 0 aliphatic heterocycles. The molecule has 1 fully saturated rings. The van der Waals surface area contributed by atoms with Gasteiger partial charge in [0.05, 0.1) is 0 Å². The van der Waals surface area contributed by atoms with Crippen molar-refractivity contribution in [3.63, 3.8) is 0 Å². The molecule has 2 aromatic rings. The van der Waals surface area contributed by atoms with Crippen molar-refractivity contribution in [1.29, 1.82) is 0 Å². The molecule has 0 amide bonds. The molecule has 1 aliphatic rings. The van der Waals surface area contributed by atoms with E-state index in [1.165, 1.54) is 18.4 Å². The first-order valence-electron chi connectivity index (χ1n) is 5.16. The van der Waals surface area contributed by atoms with Crippen molar-refractivity contribution in [3.05, 3.63) is 40.3 Å². The van der Waals surface area contributed by atoms with Crippen LogP contribution in [-0.2, 0) is 0 Å². The van der Waals surface area contributed by atoms with Crippen LogP contribution < -0.4 is 11.3 Å². The van der Waals surface area contributed by atoms with Gasteiger partial charge in [-0.15, -0.1) is 0 Å². The summed E-state index contributed by atoms with van der Waals surface area (Å²) < 4.78 is 0. The summed E-state index contributed by atoms with van der Waals surface area (Å²) in [6, 6.07) is 5.56. The number of fused-ring (bicyclic) bond motifs is 1. The molecule has 0 radical (unpaired) electrons. The Balaban J connectivity index is 2.39. The Kier molecular flexibility index (Phi) is 1.63.